The molecule has 0 unspecified atom stereocenters. The summed E-state index contributed by atoms with van der Waals surface area (Å²) in [6.45, 7) is 7.26. The van der Waals surface area contributed by atoms with Gasteiger partial charge in [-0.25, -0.2) is 9.97 Å². The van der Waals surface area contributed by atoms with Crippen molar-refractivity contribution in [1.82, 2.24) is 9.97 Å². The summed E-state index contributed by atoms with van der Waals surface area (Å²) in [5, 5.41) is 8.56. The van der Waals surface area contributed by atoms with Crippen molar-refractivity contribution in [2.24, 2.45) is 5.41 Å². The molecule has 0 aliphatic rings. The maximum absolute atomic E-state index is 8.56. The van der Waals surface area contributed by atoms with Crippen LogP contribution in [0.2, 0.25) is 0 Å². The Morgan fingerprint density at radius 3 is 2.65 bits per heavy atom. The minimum absolute atomic E-state index is 0.219. The Morgan fingerprint density at radius 2 is 2.06 bits per heavy atom. The van der Waals surface area contributed by atoms with Crippen LogP contribution in [0.5, 0.6) is 0 Å². The third-order valence-corrected chi connectivity index (χ3v) is 2.37. The standard InChI is InChI=1S/C13H20N4/c1-13(2,3)9-11-8-12(16-10-15-11)17(4)7-5-6-14/h8,10H,5,7,9H2,1-4H3. The molecule has 0 aromatic carbocycles. The van der Waals surface area contributed by atoms with Crippen molar-refractivity contribution < 1.29 is 0 Å². The first-order valence-electron chi connectivity index (χ1n) is 5.81. The zero-order chi connectivity index (χ0) is 12.9. The van der Waals surface area contributed by atoms with Crippen molar-refractivity contribution in [3.8, 4) is 6.07 Å². The molecule has 0 radical (unpaired) electrons. The number of anilines is 1. The molecule has 4 heteroatoms. The second-order valence-corrected chi connectivity index (χ2v) is 5.43. The molecular weight excluding hydrogens is 212 g/mol. The maximum Gasteiger partial charge on any atom is 0.131 e. The number of aromatic nitrogens is 2. The van der Waals surface area contributed by atoms with E-state index in [1.54, 1.807) is 6.33 Å². The van der Waals surface area contributed by atoms with Gasteiger partial charge in [-0.05, 0) is 11.8 Å². The molecule has 0 N–H and O–H groups in total. The number of rotatable bonds is 4. The van der Waals surface area contributed by atoms with E-state index in [9.17, 15) is 0 Å². The summed E-state index contributed by atoms with van der Waals surface area (Å²) < 4.78 is 0. The van der Waals surface area contributed by atoms with E-state index in [2.05, 4.69) is 36.8 Å². The van der Waals surface area contributed by atoms with Crippen LogP contribution >= 0.6 is 0 Å². The van der Waals surface area contributed by atoms with Crippen LogP contribution < -0.4 is 4.90 Å². The summed E-state index contributed by atoms with van der Waals surface area (Å²) >= 11 is 0. The van der Waals surface area contributed by atoms with Crippen LogP contribution in [0, 0.1) is 16.7 Å². The van der Waals surface area contributed by atoms with Crippen molar-refractivity contribution in [2.45, 2.75) is 33.6 Å². The predicted molar refractivity (Wildman–Crippen MR) is 68.7 cm³/mol. The average molecular weight is 232 g/mol. The van der Waals surface area contributed by atoms with Crippen molar-refractivity contribution >= 4 is 5.82 Å². The Morgan fingerprint density at radius 1 is 1.35 bits per heavy atom. The number of hydrogen-bond acceptors (Lipinski definition) is 4. The molecule has 0 aliphatic carbocycles. The van der Waals surface area contributed by atoms with Gasteiger partial charge in [0.1, 0.15) is 12.1 Å². The van der Waals surface area contributed by atoms with Gasteiger partial charge in [-0.15, -0.1) is 0 Å². The first-order chi connectivity index (χ1) is 7.92. The molecule has 1 aromatic heterocycles. The van der Waals surface area contributed by atoms with Crippen LogP contribution in [0.15, 0.2) is 12.4 Å². The normalized spacial score (nSPS) is 11.0. The average Bonchev–Trinajstić information content (AvgIpc) is 2.24. The van der Waals surface area contributed by atoms with Gasteiger partial charge in [-0.2, -0.15) is 5.26 Å². The lowest BCUT2D eigenvalue weighted by Gasteiger charge is -2.20. The van der Waals surface area contributed by atoms with Crippen LogP contribution in [0.3, 0.4) is 0 Å². The lowest BCUT2D eigenvalue weighted by Crippen LogP contribution is -2.20. The Hall–Kier alpha value is -1.63. The number of hydrogen-bond donors (Lipinski definition) is 0. The lowest BCUT2D eigenvalue weighted by molar-refractivity contribution is 0.406. The van der Waals surface area contributed by atoms with Crippen molar-refractivity contribution in [2.75, 3.05) is 18.5 Å². The first-order valence-corrected chi connectivity index (χ1v) is 5.81. The SMILES string of the molecule is CN(CCC#N)c1cc(CC(C)(C)C)ncn1. The van der Waals surface area contributed by atoms with E-state index in [4.69, 9.17) is 5.26 Å². The summed E-state index contributed by atoms with van der Waals surface area (Å²) in [5.74, 6) is 0.884. The Balaban J connectivity index is 2.75. The molecule has 17 heavy (non-hydrogen) atoms. The van der Waals surface area contributed by atoms with E-state index in [0.717, 1.165) is 17.9 Å². The van der Waals surface area contributed by atoms with Crippen LogP contribution in [-0.4, -0.2) is 23.6 Å². The molecular formula is C13H20N4. The smallest absolute Gasteiger partial charge is 0.131 e. The minimum atomic E-state index is 0.219. The Bertz CT molecular complexity index is 401. The zero-order valence-electron chi connectivity index (χ0n) is 11.1. The second-order valence-electron chi connectivity index (χ2n) is 5.43. The van der Waals surface area contributed by atoms with Crippen molar-refractivity contribution in [1.29, 1.82) is 5.26 Å². The third kappa shape index (κ3) is 4.81. The van der Waals surface area contributed by atoms with E-state index in [-0.39, 0.29) is 5.41 Å². The van der Waals surface area contributed by atoms with Gasteiger partial charge in [0.15, 0.2) is 0 Å². The Kier molecular flexibility index (Phi) is 4.45. The van der Waals surface area contributed by atoms with Crippen LogP contribution in [0.25, 0.3) is 0 Å². The maximum atomic E-state index is 8.56. The number of nitriles is 1. The van der Waals surface area contributed by atoms with Gasteiger partial charge >= 0.3 is 0 Å². The van der Waals surface area contributed by atoms with Gasteiger partial charge in [0.05, 0.1) is 12.5 Å². The molecule has 0 saturated carbocycles. The van der Waals surface area contributed by atoms with Gasteiger partial charge in [0.25, 0.3) is 0 Å². The fourth-order valence-electron chi connectivity index (χ4n) is 1.57. The molecule has 0 aliphatic heterocycles. The van der Waals surface area contributed by atoms with Gasteiger partial charge in [-0.3, -0.25) is 0 Å². The Labute approximate surface area is 103 Å². The third-order valence-electron chi connectivity index (χ3n) is 2.37. The molecule has 92 valence electrons. The largest absolute Gasteiger partial charge is 0.359 e. The van der Waals surface area contributed by atoms with Gasteiger partial charge in [-0.1, -0.05) is 20.8 Å². The topological polar surface area (TPSA) is 52.8 Å². The van der Waals surface area contributed by atoms with Crippen LogP contribution in [-0.2, 0) is 6.42 Å². The fraction of sp³-hybridized carbons (Fsp3) is 0.615. The molecule has 0 fully saturated rings. The highest BCUT2D eigenvalue weighted by atomic mass is 15.2. The predicted octanol–water partition coefficient (Wildman–Crippen LogP) is 2.42. The quantitative estimate of drug-likeness (QED) is 0.800. The molecule has 1 aromatic rings. The van der Waals surface area contributed by atoms with Gasteiger partial charge < -0.3 is 4.90 Å². The van der Waals surface area contributed by atoms with Gasteiger partial charge in [0, 0.05) is 25.4 Å². The highest BCUT2D eigenvalue weighted by molar-refractivity contribution is 5.38. The molecule has 0 spiro atoms. The fourth-order valence-corrected chi connectivity index (χ4v) is 1.57. The minimum Gasteiger partial charge on any atom is -0.359 e. The monoisotopic (exact) mass is 232 g/mol. The molecule has 4 nitrogen and oxygen atoms in total. The van der Waals surface area contributed by atoms with Crippen molar-refractivity contribution in [3.63, 3.8) is 0 Å². The summed E-state index contributed by atoms with van der Waals surface area (Å²) in [7, 11) is 1.94. The van der Waals surface area contributed by atoms with Gasteiger partial charge in [0.2, 0.25) is 0 Å². The van der Waals surface area contributed by atoms with E-state index in [1.807, 2.05) is 18.0 Å². The molecule has 0 bridgehead atoms. The molecule has 1 rings (SSSR count). The molecule has 0 amide bonds. The molecule has 0 atom stereocenters. The summed E-state index contributed by atoms with van der Waals surface area (Å²) in [6, 6.07) is 4.14. The van der Waals surface area contributed by atoms with Crippen molar-refractivity contribution in [3.05, 3.63) is 18.1 Å². The van der Waals surface area contributed by atoms with E-state index < -0.39 is 0 Å². The summed E-state index contributed by atoms with van der Waals surface area (Å²) in [5.41, 5.74) is 1.27. The molecule has 0 saturated heterocycles. The number of nitrogens with zero attached hydrogens (tertiary/aromatic N) is 4. The summed E-state index contributed by atoms with van der Waals surface area (Å²) in [4.78, 5) is 10.5. The van der Waals surface area contributed by atoms with E-state index in [1.165, 1.54) is 0 Å². The van der Waals surface area contributed by atoms with Crippen LogP contribution in [0.4, 0.5) is 5.82 Å². The second kappa shape index (κ2) is 5.62. The lowest BCUT2D eigenvalue weighted by atomic mass is 9.90. The highest BCUT2D eigenvalue weighted by Gasteiger charge is 2.13. The molecule has 1 heterocycles. The van der Waals surface area contributed by atoms with E-state index >= 15 is 0 Å². The highest BCUT2D eigenvalue weighted by Crippen LogP contribution is 2.20. The zero-order valence-corrected chi connectivity index (χ0v) is 11.1. The first kappa shape index (κ1) is 13.4. The van der Waals surface area contributed by atoms with Crippen LogP contribution in [0.1, 0.15) is 32.9 Å². The van der Waals surface area contributed by atoms with E-state index in [0.29, 0.717) is 13.0 Å². The summed E-state index contributed by atoms with van der Waals surface area (Å²) in [6.07, 6.45) is 3.03.